The first-order valence-corrected chi connectivity index (χ1v) is 11.2. The summed E-state index contributed by atoms with van der Waals surface area (Å²) in [5, 5.41) is 1.74. The molecular weight excluding hydrogens is 380 g/mol. The van der Waals surface area contributed by atoms with Crippen LogP contribution in [0.2, 0.25) is 0 Å². The number of allylic oxidation sites excluding steroid dienone is 4. The number of halogens is 1. The zero-order chi connectivity index (χ0) is 19.0. The second kappa shape index (κ2) is 7.38. The zero-order valence-electron chi connectivity index (χ0n) is 15.3. The highest BCUT2D eigenvalue weighted by molar-refractivity contribution is 7.89. The van der Waals surface area contributed by atoms with E-state index >= 15 is 0 Å². The maximum Gasteiger partial charge on any atom is 0.245 e. The van der Waals surface area contributed by atoms with Gasteiger partial charge in [-0.05, 0) is 49.3 Å². The average Bonchev–Trinajstić information content (AvgIpc) is 2.67. The van der Waals surface area contributed by atoms with Crippen LogP contribution in [0.15, 0.2) is 58.6 Å². The topological polar surface area (TPSA) is 50.3 Å². The predicted molar refractivity (Wildman–Crippen MR) is 109 cm³/mol. The molecule has 1 fully saturated rings. The van der Waals surface area contributed by atoms with Gasteiger partial charge in [-0.2, -0.15) is 4.31 Å². The molecule has 142 valence electrons. The van der Waals surface area contributed by atoms with Crippen molar-refractivity contribution in [3.05, 3.63) is 59.3 Å². The molecule has 2 aliphatic rings. The van der Waals surface area contributed by atoms with Crippen LogP contribution in [0.4, 0.5) is 0 Å². The fourth-order valence-corrected chi connectivity index (χ4v) is 5.92. The quantitative estimate of drug-likeness (QED) is 0.702. The Labute approximate surface area is 165 Å². The SMILES string of the molecule is Cc1cnc2c(S(=O)(=O)N3CCC(C4C=CCC(Cl)=C4)CC3)cccc2c1. The molecule has 4 rings (SSSR count). The van der Waals surface area contributed by atoms with Crippen molar-refractivity contribution >= 4 is 32.5 Å². The molecule has 2 heterocycles. The number of fused-ring (bicyclic) bond motifs is 1. The number of para-hydroxylation sites is 1. The number of hydrogen-bond donors (Lipinski definition) is 0. The molecule has 1 aliphatic carbocycles. The van der Waals surface area contributed by atoms with Crippen LogP contribution >= 0.6 is 11.6 Å². The summed E-state index contributed by atoms with van der Waals surface area (Å²) in [7, 11) is -3.56. The van der Waals surface area contributed by atoms with Gasteiger partial charge in [-0.3, -0.25) is 4.98 Å². The first-order chi connectivity index (χ1) is 12.9. The number of sulfonamides is 1. The maximum absolute atomic E-state index is 13.3. The summed E-state index contributed by atoms with van der Waals surface area (Å²) in [5.41, 5.74) is 1.57. The van der Waals surface area contributed by atoms with Gasteiger partial charge in [-0.1, -0.05) is 42.0 Å². The first-order valence-electron chi connectivity index (χ1n) is 9.33. The molecule has 1 atom stereocenters. The minimum absolute atomic E-state index is 0.305. The fraction of sp³-hybridized carbons (Fsp3) is 0.381. The number of nitrogens with zero attached hydrogens (tertiary/aromatic N) is 2. The van der Waals surface area contributed by atoms with Gasteiger partial charge in [0.15, 0.2) is 0 Å². The lowest BCUT2D eigenvalue weighted by atomic mass is 9.83. The number of aryl methyl sites for hydroxylation is 1. The summed E-state index contributed by atoms with van der Waals surface area (Å²) in [6.45, 7) is 3.02. The standard InChI is InChI=1S/C21H23ClN2O2S/c1-15-12-18-5-3-7-20(21(18)23-14-15)27(25,26)24-10-8-16(9-11-24)17-4-2-6-19(22)13-17/h2-5,7,12-14,16-17H,6,8-11H2,1H3. The second-order valence-corrected chi connectivity index (χ2v) is 9.80. The van der Waals surface area contributed by atoms with E-state index in [1.165, 1.54) is 0 Å². The van der Waals surface area contributed by atoms with E-state index in [1.54, 1.807) is 22.6 Å². The van der Waals surface area contributed by atoms with Crippen LogP contribution in [-0.4, -0.2) is 30.8 Å². The van der Waals surface area contributed by atoms with Gasteiger partial charge >= 0.3 is 0 Å². The molecule has 27 heavy (non-hydrogen) atoms. The Morgan fingerprint density at radius 2 is 2.00 bits per heavy atom. The zero-order valence-corrected chi connectivity index (χ0v) is 16.9. The van der Waals surface area contributed by atoms with E-state index in [2.05, 4.69) is 23.2 Å². The van der Waals surface area contributed by atoms with Gasteiger partial charge in [-0.25, -0.2) is 8.42 Å². The Kier molecular flexibility index (Phi) is 5.10. The monoisotopic (exact) mass is 402 g/mol. The summed E-state index contributed by atoms with van der Waals surface area (Å²) in [6, 6.07) is 7.34. The molecule has 0 spiro atoms. The van der Waals surface area contributed by atoms with E-state index in [0.717, 1.165) is 35.2 Å². The van der Waals surface area contributed by atoms with Gasteiger partial charge < -0.3 is 0 Å². The molecule has 4 nitrogen and oxygen atoms in total. The third-order valence-corrected chi connectivity index (χ3v) is 7.73. The highest BCUT2D eigenvalue weighted by Crippen LogP contribution is 2.34. The molecule has 1 unspecified atom stereocenters. The van der Waals surface area contributed by atoms with Crippen molar-refractivity contribution in [1.82, 2.24) is 9.29 Å². The molecule has 1 aromatic carbocycles. The fourth-order valence-electron chi connectivity index (χ4n) is 4.05. The average molecular weight is 403 g/mol. The Morgan fingerprint density at radius 1 is 1.22 bits per heavy atom. The van der Waals surface area contributed by atoms with Crippen molar-refractivity contribution in [2.45, 2.75) is 31.1 Å². The van der Waals surface area contributed by atoms with Crippen LogP contribution in [0.1, 0.15) is 24.8 Å². The summed E-state index contributed by atoms with van der Waals surface area (Å²) < 4.78 is 28.1. The highest BCUT2D eigenvalue weighted by atomic mass is 35.5. The Balaban J connectivity index is 1.56. The summed E-state index contributed by atoms with van der Waals surface area (Å²) >= 11 is 6.18. The van der Waals surface area contributed by atoms with Crippen LogP contribution in [0, 0.1) is 18.8 Å². The van der Waals surface area contributed by atoms with E-state index in [9.17, 15) is 8.42 Å². The number of pyridine rings is 1. The number of piperidine rings is 1. The molecule has 1 aromatic heterocycles. The van der Waals surface area contributed by atoms with Gasteiger partial charge in [0.2, 0.25) is 10.0 Å². The van der Waals surface area contributed by atoms with Crippen molar-refractivity contribution in [1.29, 1.82) is 0 Å². The van der Waals surface area contributed by atoms with Crippen molar-refractivity contribution in [3.8, 4) is 0 Å². The van der Waals surface area contributed by atoms with Crippen molar-refractivity contribution in [3.63, 3.8) is 0 Å². The van der Waals surface area contributed by atoms with E-state index in [1.807, 2.05) is 19.1 Å². The number of hydrogen-bond acceptors (Lipinski definition) is 3. The van der Waals surface area contributed by atoms with Crippen LogP contribution in [-0.2, 0) is 10.0 Å². The lowest BCUT2D eigenvalue weighted by Gasteiger charge is -2.34. The van der Waals surface area contributed by atoms with E-state index < -0.39 is 10.0 Å². The molecule has 2 aromatic rings. The Bertz CT molecular complexity index is 1020. The third kappa shape index (κ3) is 3.68. The molecule has 1 aliphatic heterocycles. The van der Waals surface area contributed by atoms with E-state index in [-0.39, 0.29) is 0 Å². The predicted octanol–water partition coefficient (Wildman–Crippen LogP) is 4.64. The molecular formula is C21H23ClN2O2S. The Hall–Kier alpha value is -1.69. The van der Waals surface area contributed by atoms with Crippen LogP contribution in [0.3, 0.4) is 0 Å². The van der Waals surface area contributed by atoms with E-state index in [4.69, 9.17) is 11.6 Å². The minimum Gasteiger partial charge on any atom is -0.255 e. The molecule has 0 radical (unpaired) electrons. The smallest absolute Gasteiger partial charge is 0.245 e. The Morgan fingerprint density at radius 3 is 2.74 bits per heavy atom. The maximum atomic E-state index is 13.3. The molecule has 0 saturated carbocycles. The molecule has 0 N–H and O–H groups in total. The van der Waals surface area contributed by atoms with Crippen LogP contribution in [0.25, 0.3) is 10.9 Å². The molecule has 0 bridgehead atoms. The normalized spacial score (nSPS) is 22.1. The summed E-state index contributed by atoms with van der Waals surface area (Å²) in [6.07, 6.45) is 10.6. The largest absolute Gasteiger partial charge is 0.255 e. The van der Waals surface area contributed by atoms with Crippen molar-refractivity contribution in [2.24, 2.45) is 11.8 Å². The van der Waals surface area contributed by atoms with Crippen molar-refractivity contribution in [2.75, 3.05) is 13.1 Å². The minimum atomic E-state index is -3.56. The van der Waals surface area contributed by atoms with Gasteiger partial charge in [0.05, 0.1) is 5.52 Å². The molecule has 1 saturated heterocycles. The highest BCUT2D eigenvalue weighted by Gasteiger charge is 2.33. The van der Waals surface area contributed by atoms with E-state index in [0.29, 0.717) is 35.3 Å². The third-order valence-electron chi connectivity index (χ3n) is 5.52. The first kappa shape index (κ1) is 18.7. The summed E-state index contributed by atoms with van der Waals surface area (Å²) in [5.74, 6) is 0.758. The van der Waals surface area contributed by atoms with Crippen LogP contribution < -0.4 is 0 Å². The number of benzene rings is 1. The second-order valence-electron chi connectivity index (χ2n) is 7.41. The number of rotatable bonds is 3. The van der Waals surface area contributed by atoms with Gasteiger partial charge in [0.1, 0.15) is 4.90 Å². The van der Waals surface area contributed by atoms with Crippen LogP contribution in [0.5, 0.6) is 0 Å². The molecule has 6 heteroatoms. The molecule has 0 amide bonds. The summed E-state index contributed by atoms with van der Waals surface area (Å²) in [4.78, 5) is 4.71. The lowest BCUT2D eigenvalue weighted by molar-refractivity contribution is 0.249. The van der Waals surface area contributed by atoms with Gasteiger partial charge in [0.25, 0.3) is 0 Å². The van der Waals surface area contributed by atoms with Crippen molar-refractivity contribution < 1.29 is 8.42 Å². The number of aromatic nitrogens is 1. The lowest BCUT2D eigenvalue weighted by Crippen LogP contribution is -2.39. The van der Waals surface area contributed by atoms with Gasteiger partial charge in [0, 0.05) is 36.1 Å². The van der Waals surface area contributed by atoms with Gasteiger partial charge in [-0.15, -0.1) is 0 Å².